The van der Waals surface area contributed by atoms with E-state index in [0.717, 1.165) is 6.04 Å². The van der Waals surface area contributed by atoms with E-state index in [1.165, 1.54) is 25.8 Å². The molecule has 10 heavy (non-hydrogen) atoms. The van der Waals surface area contributed by atoms with E-state index in [4.69, 9.17) is 0 Å². The van der Waals surface area contributed by atoms with Crippen LogP contribution in [0.25, 0.3) is 0 Å². The fourth-order valence-electron chi connectivity index (χ4n) is 0.926. The van der Waals surface area contributed by atoms with Crippen LogP contribution in [0.5, 0.6) is 0 Å². The molecule has 0 saturated carbocycles. The van der Waals surface area contributed by atoms with Gasteiger partial charge in [0.2, 0.25) is 0 Å². The van der Waals surface area contributed by atoms with Gasteiger partial charge in [0.05, 0.1) is 0 Å². The van der Waals surface area contributed by atoms with Gasteiger partial charge >= 0.3 is 0 Å². The molecule has 2 heteroatoms. The summed E-state index contributed by atoms with van der Waals surface area (Å²) < 4.78 is 0. The van der Waals surface area contributed by atoms with Gasteiger partial charge in [-0.3, -0.25) is 0 Å². The summed E-state index contributed by atoms with van der Waals surface area (Å²) in [6.45, 7) is 7.84. The molecule has 0 aliphatic rings. The van der Waals surface area contributed by atoms with Crippen LogP contribution < -0.4 is 5.32 Å². The topological polar surface area (TPSA) is 12.0 Å². The molecule has 0 heterocycles. The predicted molar refractivity (Wildman–Crippen MR) is 49.9 cm³/mol. The molecule has 0 fully saturated rings. The summed E-state index contributed by atoms with van der Waals surface area (Å²) in [5.41, 5.74) is 0. The van der Waals surface area contributed by atoms with Crippen molar-refractivity contribution in [2.45, 2.75) is 46.1 Å². The van der Waals surface area contributed by atoms with E-state index >= 15 is 0 Å². The Balaban J connectivity index is 0. The Labute approximate surface area is 71.0 Å². The minimum absolute atomic E-state index is 0. The van der Waals surface area contributed by atoms with Crippen LogP contribution >= 0.6 is 12.4 Å². The van der Waals surface area contributed by atoms with Crippen LogP contribution in [-0.2, 0) is 0 Å². The van der Waals surface area contributed by atoms with Crippen molar-refractivity contribution >= 4 is 12.4 Å². The van der Waals surface area contributed by atoms with Crippen molar-refractivity contribution in [2.75, 3.05) is 6.54 Å². The standard InChI is InChI=1S/C8H19N.ClH/c1-4-7-9-8(5-2)6-3;/h8-9H,4-7H2,1-3H3;1H. The minimum Gasteiger partial charge on any atom is -0.314 e. The first-order valence-corrected chi connectivity index (χ1v) is 4.08. The zero-order chi connectivity index (χ0) is 7.11. The molecule has 1 N–H and O–H groups in total. The highest BCUT2D eigenvalue weighted by Crippen LogP contribution is 1.94. The Morgan fingerprint density at radius 2 is 1.60 bits per heavy atom. The van der Waals surface area contributed by atoms with Crippen molar-refractivity contribution in [3.05, 3.63) is 0 Å². The smallest absolute Gasteiger partial charge is 0.00618 e. The number of halogens is 1. The van der Waals surface area contributed by atoms with Crippen molar-refractivity contribution in [1.82, 2.24) is 5.32 Å². The second kappa shape index (κ2) is 9.25. The molecule has 0 bridgehead atoms. The lowest BCUT2D eigenvalue weighted by atomic mass is 10.2. The first-order valence-electron chi connectivity index (χ1n) is 4.08. The van der Waals surface area contributed by atoms with E-state index in [0.29, 0.717) is 0 Å². The molecule has 64 valence electrons. The molecular formula is C8H20ClN. The SMILES string of the molecule is CCCNC(CC)CC.Cl. The summed E-state index contributed by atoms with van der Waals surface area (Å²) in [6.07, 6.45) is 3.77. The van der Waals surface area contributed by atoms with Gasteiger partial charge in [-0.05, 0) is 25.8 Å². The summed E-state index contributed by atoms with van der Waals surface area (Å²) in [4.78, 5) is 0. The van der Waals surface area contributed by atoms with Gasteiger partial charge in [-0.1, -0.05) is 20.8 Å². The minimum atomic E-state index is 0. The van der Waals surface area contributed by atoms with Crippen LogP contribution in [0.4, 0.5) is 0 Å². The van der Waals surface area contributed by atoms with Crippen molar-refractivity contribution in [3.8, 4) is 0 Å². The highest BCUT2D eigenvalue weighted by Gasteiger charge is 1.98. The normalized spacial score (nSPS) is 9.60. The van der Waals surface area contributed by atoms with Crippen molar-refractivity contribution in [2.24, 2.45) is 0 Å². The number of nitrogens with one attached hydrogen (secondary N) is 1. The average molecular weight is 166 g/mol. The largest absolute Gasteiger partial charge is 0.314 e. The molecule has 0 saturated heterocycles. The van der Waals surface area contributed by atoms with Gasteiger partial charge < -0.3 is 5.32 Å². The maximum Gasteiger partial charge on any atom is 0.00618 e. The van der Waals surface area contributed by atoms with E-state index in [1.54, 1.807) is 0 Å². The second-order valence-corrected chi connectivity index (χ2v) is 2.47. The monoisotopic (exact) mass is 165 g/mol. The van der Waals surface area contributed by atoms with Gasteiger partial charge in [-0.15, -0.1) is 12.4 Å². The van der Waals surface area contributed by atoms with Crippen LogP contribution in [0.2, 0.25) is 0 Å². The molecule has 0 aromatic heterocycles. The first-order chi connectivity index (χ1) is 4.35. The van der Waals surface area contributed by atoms with Crippen molar-refractivity contribution in [3.63, 3.8) is 0 Å². The molecule has 0 aliphatic heterocycles. The van der Waals surface area contributed by atoms with E-state index < -0.39 is 0 Å². The summed E-state index contributed by atoms with van der Waals surface area (Å²) in [5.74, 6) is 0. The molecule has 0 aromatic rings. The van der Waals surface area contributed by atoms with Crippen LogP contribution in [-0.4, -0.2) is 12.6 Å². The Hall–Kier alpha value is 0.250. The Morgan fingerprint density at radius 3 is 1.90 bits per heavy atom. The molecule has 0 aromatic carbocycles. The van der Waals surface area contributed by atoms with Crippen LogP contribution in [0.3, 0.4) is 0 Å². The Morgan fingerprint density at radius 1 is 1.10 bits per heavy atom. The fourth-order valence-corrected chi connectivity index (χ4v) is 0.926. The first kappa shape index (κ1) is 12.9. The fraction of sp³-hybridized carbons (Fsp3) is 1.00. The lowest BCUT2D eigenvalue weighted by Gasteiger charge is -2.12. The third kappa shape index (κ3) is 6.37. The molecule has 1 nitrogen and oxygen atoms in total. The maximum absolute atomic E-state index is 3.47. The summed E-state index contributed by atoms with van der Waals surface area (Å²) in [7, 11) is 0. The lowest BCUT2D eigenvalue weighted by Crippen LogP contribution is -2.27. The van der Waals surface area contributed by atoms with Gasteiger partial charge in [0.25, 0.3) is 0 Å². The van der Waals surface area contributed by atoms with Crippen LogP contribution in [0.15, 0.2) is 0 Å². The lowest BCUT2D eigenvalue weighted by molar-refractivity contribution is 0.485. The third-order valence-corrected chi connectivity index (χ3v) is 1.67. The molecule has 0 radical (unpaired) electrons. The van der Waals surface area contributed by atoms with Crippen molar-refractivity contribution in [1.29, 1.82) is 0 Å². The zero-order valence-corrected chi connectivity index (χ0v) is 8.13. The summed E-state index contributed by atoms with van der Waals surface area (Å²) in [6, 6.07) is 0.755. The quantitative estimate of drug-likeness (QED) is 0.661. The van der Waals surface area contributed by atoms with Gasteiger partial charge in [-0.25, -0.2) is 0 Å². The number of hydrogen-bond donors (Lipinski definition) is 1. The highest BCUT2D eigenvalue weighted by atomic mass is 35.5. The maximum atomic E-state index is 3.47. The molecule has 0 unspecified atom stereocenters. The van der Waals surface area contributed by atoms with E-state index in [1.807, 2.05) is 0 Å². The number of hydrogen-bond acceptors (Lipinski definition) is 1. The molecule has 0 atom stereocenters. The molecule has 0 aliphatic carbocycles. The highest BCUT2D eigenvalue weighted by molar-refractivity contribution is 5.85. The number of rotatable bonds is 5. The predicted octanol–water partition coefficient (Wildman–Crippen LogP) is 2.60. The summed E-state index contributed by atoms with van der Waals surface area (Å²) in [5, 5.41) is 3.47. The molecule has 0 amide bonds. The van der Waals surface area contributed by atoms with Gasteiger partial charge in [0.15, 0.2) is 0 Å². The molecular weight excluding hydrogens is 146 g/mol. The van der Waals surface area contributed by atoms with Gasteiger partial charge in [-0.2, -0.15) is 0 Å². The zero-order valence-electron chi connectivity index (χ0n) is 7.31. The van der Waals surface area contributed by atoms with Crippen LogP contribution in [0, 0.1) is 0 Å². The third-order valence-electron chi connectivity index (χ3n) is 1.67. The molecule has 0 rings (SSSR count). The average Bonchev–Trinajstić information content (AvgIpc) is 1.91. The van der Waals surface area contributed by atoms with E-state index in [9.17, 15) is 0 Å². The Kier molecular flexibility index (Phi) is 11.9. The van der Waals surface area contributed by atoms with Crippen LogP contribution in [0.1, 0.15) is 40.0 Å². The Bertz CT molecular complexity index is 53.2. The van der Waals surface area contributed by atoms with E-state index in [2.05, 4.69) is 26.1 Å². The summed E-state index contributed by atoms with van der Waals surface area (Å²) >= 11 is 0. The second-order valence-electron chi connectivity index (χ2n) is 2.47. The molecule has 0 spiro atoms. The van der Waals surface area contributed by atoms with Gasteiger partial charge in [0.1, 0.15) is 0 Å². The van der Waals surface area contributed by atoms with Crippen molar-refractivity contribution < 1.29 is 0 Å². The van der Waals surface area contributed by atoms with Gasteiger partial charge in [0, 0.05) is 6.04 Å². The van der Waals surface area contributed by atoms with E-state index in [-0.39, 0.29) is 12.4 Å².